The standard InChI is InChI=1S/C24H16N4O/c29-24-23-18(5-3-6-20(23)17-8-12-25-13-9-17)10-14-28(24)15-11-22-26-16-19-4-1-2-7-21(19)27-22/h1-16H. The molecule has 0 amide bonds. The summed E-state index contributed by atoms with van der Waals surface area (Å²) in [5.74, 6) is 0.554. The molecule has 0 atom stereocenters. The molecule has 0 bridgehead atoms. The van der Waals surface area contributed by atoms with Crippen molar-refractivity contribution in [1.29, 1.82) is 0 Å². The molecule has 3 heterocycles. The summed E-state index contributed by atoms with van der Waals surface area (Å²) in [6, 6.07) is 19.4. The summed E-state index contributed by atoms with van der Waals surface area (Å²) in [6.45, 7) is 0. The zero-order chi connectivity index (χ0) is 19.6. The monoisotopic (exact) mass is 376 g/mol. The van der Waals surface area contributed by atoms with Gasteiger partial charge in [-0.25, -0.2) is 9.97 Å². The van der Waals surface area contributed by atoms with Crippen LogP contribution in [0.1, 0.15) is 5.82 Å². The van der Waals surface area contributed by atoms with Gasteiger partial charge in [0.2, 0.25) is 0 Å². The lowest BCUT2D eigenvalue weighted by atomic mass is 10.0. The lowest BCUT2D eigenvalue weighted by molar-refractivity contribution is 1.08. The minimum absolute atomic E-state index is 0.0908. The minimum Gasteiger partial charge on any atom is -0.290 e. The maximum absolute atomic E-state index is 13.2. The molecule has 138 valence electrons. The molecule has 0 saturated carbocycles. The first kappa shape index (κ1) is 17.0. The van der Waals surface area contributed by atoms with E-state index in [2.05, 4.69) is 15.0 Å². The number of hydrogen-bond acceptors (Lipinski definition) is 4. The Bertz CT molecular complexity index is 1420. The van der Waals surface area contributed by atoms with E-state index in [4.69, 9.17) is 0 Å². The van der Waals surface area contributed by atoms with Crippen LogP contribution in [-0.2, 0) is 0 Å². The Kier molecular flexibility index (Phi) is 4.18. The molecule has 0 spiro atoms. The molecule has 29 heavy (non-hydrogen) atoms. The van der Waals surface area contributed by atoms with Crippen LogP contribution in [0.2, 0.25) is 0 Å². The summed E-state index contributed by atoms with van der Waals surface area (Å²) < 4.78 is 1.56. The third kappa shape index (κ3) is 3.19. The van der Waals surface area contributed by atoms with Crippen LogP contribution in [0.4, 0.5) is 0 Å². The molecule has 0 unspecified atom stereocenters. The molecule has 2 aromatic carbocycles. The Labute approximate surface area is 166 Å². The smallest absolute Gasteiger partial charge is 0.263 e. The Morgan fingerprint density at radius 1 is 0.862 bits per heavy atom. The summed E-state index contributed by atoms with van der Waals surface area (Å²) >= 11 is 0. The van der Waals surface area contributed by atoms with Gasteiger partial charge < -0.3 is 0 Å². The molecule has 3 aromatic heterocycles. The second-order valence-electron chi connectivity index (χ2n) is 6.64. The van der Waals surface area contributed by atoms with Crippen LogP contribution in [0.25, 0.3) is 45.1 Å². The highest BCUT2D eigenvalue weighted by molar-refractivity contribution is 5.96. The molecular weight excluding hydrogens is 360 g/mol. The van der Waals surface area contributed by atoms with Crippen LogP contribution in [-0.4, -0.2) is 19.5 Å². The molecule has 0 radical (unpaired) electrons. The van der Waals surface area contributed by atoms with Crippen molar-refractivity contribution >= 4 is 34.0 Å². The largest absolute Gasteiger partial charge is 0.290 e. The van der Waals surface area contributed by atoms with E-state index < -0.39 is 0 Å². The summed E-state index contributed by atoms with van der Waals surface area (Å²) in [4.78, 5) is 26.2. The first-order valence-corrected chi connectivity index (χ1v) is 9.24. The topological polar surface area (TPSA) is 60.7 Å². The van der Waals surface area contributed by atoms with Gasteiger partial charge in [-0.2, -0.15) is 0 Å². The molecule has 5 aromatic rings. The van der Waals surface area contributed by atoms with Crippen LogP contribution in [0.5, 0.6) is 0 Å². The highest BCUT2D eigenvalue weighted by Gasteiger charge is 2.08. The van der Waals surface area contributed by atoms with E-state index in [0.29, 0.717) is 11.2 Å². The van der Waals surface area contributed by atoms with E-state index in [9.17, 15) is 4.79 Å². The fraction of sp³-hybridized carbons (Fsp3) is 0. The predicted molar refractivity (Wildman–Crippen MR) is 116 cm³/mol. The van der Waals surface area contributed by atoms with Gasteiger partial charge in [0.05, 0.1) is 10.9 Å². The Morgan fingerprint density at radius 2 is 1.69 bits per heavy atom. The van der Waals surface area contributed by atoms with Gasteiger partial charge in [-0.05, 0) is 46.9 Å². The maximum atomic E-state index is 13.2. The predicted octanol–water partition coefficient (Wildman–Crippen LogP) is 4.63. The Morgan fingerprint density at radius 3 is 2.59 bits per heavy atom. The van der Waals surface area contributed by atoms with Crippen molar-refractivity contribution < 1.29 is 0 Å². The van der Waals surface area contributed by atoms with Gasteiger partial charge in [0.15, 0.2) is 5.82 Å². The molecule has 0 N–H and O–H groups in total. The number of fused-ring (bicyclic) bond motifs is 2. The molecule has 5 heteroatoms. The van der Waals surface area contributed by atoms with E-state index >= 15 is 0 Å². The van der Waals surface area contributed by atoms with Gasteiger partial charge in [-0.1, -0.05) is 36.4 Å². The highest BCUT2D eigenvalue weighted by Crippen LogP contribution is 2.25. The van der Waals surface area contributed by atoms with Gasteiger partial charge in [0, 0.05) is 36.4 Å². The highest BCUT2D eigenvalue weighted by atomic mass is 16.1. The lowest BCUT2D eigenvalue weighted by Gasteiger charge is -2.08. The summed E-state index contributed by atoms with van der Waals surface area (Å²) in [5.41, 5.74) is 2.63. The van der Waals surface area contributed by atoms with E-state index in [1.54, 1.807) is 41.6 Å². The number of pyridine rings is 2. The number of rotatable bonds is 3. The van der Waals surface area contributed by atoms with Crippen molar-refractivity contribution in [3.8, 4) is 11.1 Å². The zero-order valence-electron chi connectivity index (χ0n) is 15.4. The van der Waals surface area contributed by atoms with Gasteiger partial charge in [0.25, 0.3) is 5.56 Å². The van der Waals surface area contributed by atoms with Gasteiger partial charge in [-0.15, -0.1) is 0 Å². The van der Waals surface area contributed by atoms with E-state index in [1.165, 1.54) is 0 Å². The third-order valence-corrected chi connectivity index (χ3v) is 4.84. The van der Waals surface area contributed by atoms with Gasteiger partial charge in [0.1, 0.15) is 0 Å². The fourth-order valence-corrected chi connectivity index (χ4v) is 3.41. The summed E-state index contributed by atoms with van der Waals surface area (Å²) in [5, 5.41) is 2.55. The van der Waals surface area contributed by atoms with Crippen molar-refractivity contribution in [3.05, 3.63) is 102 Å². The number of nitrogens with zero attached hydrogens (tertiary/aromatic N) is 4. The Hall–Kier alpha value is -4.12. The molecule has 0 aliphatic rings. The van der Waals surface area contributed by atoms with Crippen molar-refractivity contribution in [3.63, 3.8) is 0 Å². The SMILES string of the molecule is O=c1c2c(-c3ccncc3)cccc2ccn1C=Cc1ncc2ccccc2n1. The average Bonchev–Trinajstić information content (AvgIpc) is 2.79. The third-order valence-electron chi connectivity index (χ3n) is 4.84. The maximum Gasteiger partial charge on any atom is 0.263 e. The quantitative estimate of drug-likeness (QED) is 0.460. The second-order valence-corrected chi connectivity index (χ2v) is 6.64. The molecule has 0 fully saturated rings. The average molecular weight is 376 g/mol. The molecular formula is C24H16N4O. The lowest BCUT2D eigenvalue weighted by Crippen LogP contribution is -2.15. The van der Waals surface area contributed by atoms with Crippen molar-refractivity contribution in [2.75, 3.05) is 0 Å². The first-order chi connectivity index (χ1) is 14.3. The number of benzene rings is 2. The molecule has 5 nitrogen and oxygen atoms in total. The molecule has 0 aliphatic carbocycles. The van der Waals surface area contributed by atoms with Crippen LogP contribution in [0.3, 0.4) is 0 Å². The van der Waals surface area contributed by atoms with Crippen molar-refractivity contribution in [2.45, 2.75) is 0 Å². The molecule has 5 rings (SSSR count). The summed E-state index contributed by atoms with van der Waals surface area (Å²) in [6.07, 6.45) is 10.5. The first-order valence-electron chi connectivity index (χ1n) is 9.24. The Balaban J connectivity index is 1.61. The number of aromatic nitrogens is 4. The fourth-order valence-electron chi connectivity index (χ4n) is 3.41. The molecule has 0 aliphatic heterocycles. The van der Waals surface area contributed by atoms with Crippen LogP contribution in [0, 0.1) is 0 Å². The van der Waals surface area contributed by atoms with E-state index in [-0.39, 0.29) is 5.56 Å². The van der Waals surface area contributed by atoms with Gasteiger partial charge in [-0.3, -0.25) is 14.3 Å². The number of hydrogen-bond donors (Lipinski definition) is 0. The van der Waals surface area contributed by atoms with E-state index in [1.807, 2.05) is 60.7 Å². The van der Waals surface area contributed by atoms with Gasteiger partial charge >= 0.3 is 0 Å². The van der Waals surface area contributed by atoms with Crippen molar-refractivity contribution in [1.82, 2.24) is 19.5 Å². The van der Waals surface area contributed by atoms with Crippen LogP contribution >= 0.6 is 0 Å². The van der Waals surface area contributed by atoms with Crippen LogP contribution < -0.4 is 5.56 Å². The summed E-state index contributed by atoms with van der Waals surface area (Å²) in [7, 11) is 0. The molecule has 0 saturated heterocycles. The van der Waals surface area contributed by atoms with Crippen molar-refractivity contribution in [2.24, 2.45) is 0 Å². The minimum atomic E-state index is -0.0908. The van der Waals surface area contributed by atoms with Crippen LogP contribution in [0.15, 0.2) is 90.2 Å². The normalized spacial score (nSPS) is 11.4. The zero-order valence-corrected chi connectivity index (χ0v) is 15.4. The van der Waals surface area contributed by atoms with E-state index in [0.717, 1.165) is 27.4 Å². The second kappa shape index (κ2) is 7.13. The number of para-hydroxylation sites is 1.